The summed E-state index contributed by atoms with van der Waals surface area (Å²) in [6, 6.07) is 5.58. The summed E-state index contributed by atoms with van der Waals surface area (Å²) < 4.78 is 13.1. The van der Waals surface area contributed by atoms with E-state index in [2.05, 4.69) is 15.5 Å². The fourth-order valence-corrected chi connectivity index (χ4v) is 1.27. The first-order valence-corrected chi connectivity index (χ1v) is 5.29. The Labute approximate surface area is 107 Å². The van der Waals surface area contributed by atoms with Gasteiger partial charge in [-0.25, -0.2) is 14.8 Å². The first kappa shape index (κ1) is 12.6. The first-order valence-electron chi connectivity index (χ1n) is 5.29. The van der Waals surface area contributed by atoms with Gasteiger partial charge in [0, 0.05) is 0 Å². The van der Waals surface area contributed by atoms with Crippen molar-refractivity contribution in [2.75, 3.05) is 0 Å². The lowest BCUT2D eigenvalue weighted by molar-refractivity contribution is -0.606. The Balaban J connectivity index is 1.98. The van der Waals surface area contributed by atoms with Crippen molar-refractivity contribution in [3.8, 4) is 0 Å². The zero-order valence-corrected chi connectivity index (χ0v) is 9.65. The molecule has 0 aliphatic rings. The fraction of sp³-hybridized carbons (Fsp3) is 0. The molecule has 2 aromatic rings. The number of halogens is 1. The minimum atomic E-state index is -0.608. The summed E-state index contributed by atoms with van der Waals surface area (Å²) in [4.78, 5) is 15.3. The summed E-state index contributed by atoms with van der Waals surface area (Å²) in [6.07, 6.45) is 4.76. The third-order valence-electron chi connectivity index (χ3n) is 2.16. The molecule has 19 heavy (non-hydrogen) atoms. The number of benzene rings is 1. The summed E-state index contributed by atoms with van der Waals surface area (Å²) in [7, 11) is 0. The van der Waals surface area contributed by atoms with E-state index >= 15 is 0 Å². The van der Waals surface area contributed by atoms with Crippen molar-refractivity contribution in [2.45, 2.75) is 0 Å². The Morgan fingerprint density at radius 2 is 2.16 bits per heavy atom. The SMILES string of the molecule is O=C(N/N=C/c1ccc(F)cc1)c1c[n+]([O-])ccn1. The molecule has 7 heteroatoms. The molecule has 1 aromatic heterocycles. The van der Waals surface area contributed by atoms with E-state index in [1.54, 1.807) is 0 Å². The number of carbonyl (C=O) groups is 1. The van der Waals surface area contributed by atoms with Crippen LogP contribution in [0.1, 0.15) is 16.1 Å². The molecule has 6 nitrogen and oxygen atoms in total. The Hall–Kier alpha value is -2.83. The molecule has 1 amide bonds. The number of rotatable bonds is 3. The van der Waals surface area contributed by atoms with Crippen LogP contribution < -0.4 is 10.2 Å². The normalized spacial score (nSPS) is 10.6. The van der Waals surface area contributed by atoms with E-state index in [9.17, 15) is 14.4 Å². The molecule has 0 spiro atoms. The maximum atomic E-state index is 12.6. The van der Waals surface area contributed by atoms with Crippen LogP contribution in [-0.2, 0) is 0 Å². The predicted octanol–water partition coefficient (Wildman–Crippen LogP) is 0.618. The summed E-state index contributed by atoms with van der Waals surface area (Å²) in [6.45, 7) is 0. The Morgan fingerprint density at radius 1 is 1.42 bits per heavy atom. The second kappa shape index (κ2) is 5.67. The highest BCUT2D eigenvalue weighted by molar-refractivity contribution is 5.92. The van der Waals surface area contributed by atoms with E-state index in [1.807, 2.05) is 0 Å². The number of nitrogens with one attached hydrogen (secondary N) is 1. The van der Waals surface area contributed by atoms with E-state index in [4.69, 9.17) is 0 Å². The van der Waals surface area contributed by atoms with E-state index in [1.165, 1.54) is 42.9 Å². The van der Waals surface area contributed by atoms with Gasteiger partial charge in [0.2, 0.25) is 6.20 Å². The van der Waals surface area contributed by atoms with Gasteiger partial charge in [0.05, 0.1) is 12.4 Å². The smallest absolute Gasteiger partial charge is 0.296 e. The number of aromatic nitrogens is 2. The van der Waals surface area contributed by atoms with Crippen LogP contribution in [0.4, 0.5) is 4.39 Å². The molecule has 0 saturated carbocycles. The van der Waals surface area contributed by atoms with Gasteiger partial charge in [-0.05, 0) is 17.7 Å². The molecule has 0 aliphatic heterocycles. The maximum absolute atomic E-state index is 12.6. The van der Waals surface area contributed by atoms with Crippen molar-refractivity contribution in [1.29, 1.82) is 0 Å². The molecule has 0 unspecified atom stereocenters. The standard InChI is InChI=1S/C12H9FN4O2/c13-10-3-1-9(2-4-10)7-15-16-12(18)11-8-17(19)6-5-14-11/h1-8H,(H,16,18)/b15-7+. The minimum absolute atomic E-state index is 0.0474. The number of hydrazone groups is 1. The molecule has 0 fully saturated rings. The summed E-state index contributed by atoms with van der Waals surface area (Å²) in [5.41, 5.74) is 2.79. The number of hydrogen-bond donors (Lipinski definition) is 1. The summed E-state index contributed by atoms with van der Waals surface area (Å²) >= 11 is 0. The minimum Gasteiger partial charge on any atom is -0.619 e. The zero-order valence-electron chi connectivity index (χ0n) is 9.65. The molecular weight excluding hydrogens is 251 g/mol. The Bertz CT molecular complexity index is 613. The Morgan fingerprint density at radius 3 is 2.84 bits per heavy atom. The highest BCUT2D eigenvalue weighted by Crippen LogP contribution is 1.99. The van der Waals surface area contributed by atoms with Gasteiger partial charge >= 0.3 is 0 Å². The predicted molar refractivity (Wildman–Crippen MR) is 64.7 cm³/mol. The van der Waals surface area contributed by atoms with Crippen LogP contribution in [0, 0.1) is 11.0 Å². The molecular formula is C12H9FN4O2. The fourth-order valence-electron chi connectivity index (χ4n) is 1.27. The number of carbonyl (C=O) groups excluding carboxylic acids is 1. The van der Waals surface area contributed by atoms with Gasteiger partial charge in [-0.3, -0.25) is 4.79 Å². The molecule has 1 N–H and O–H groups in total. The van der Waals surface area contributed by atoms with E-state index < -0.39 is 5.91 Å². The van der Waals surface area contributed by atoms with Crippen molar-refractivity contribution in [3.05, 3.63) is 65.1 Å². The average molecular weight is 260 g/mol. The van der Waals surface area contributed by atoms with E-state index in [-0.39, 0.29) is 11.5 Å². The zero-order chi connectivity index (χ0) is 13.7. The quantitative estimate of drug-likeness (QED) is 0.380. The molecule has 96 valence electrons. The van der Waals surface area contributed by atoms with Gasteiger partial charge in [-0.2, -0.15) is 9.83 Å². The van der Waals surface area contributed by atoms with Gasteiger partial charge in [-0.15, -0.1) is 0 Å². The maximum Gasteiger partial charge on any atom is 0.296 e. The van der Waals surface area contributed by atoms with E-state index in [0.29, 0.717) is 10.3 Å². The number of hydrogen-bond acceptors (Lipinski definition) is 4. The van der Waals surface area contributed by atoms with Crippen molar-refractivity contribution in [3.63, 3.8) is 0 Å². The van der Waals surface area contributed by atoms with Gasteiger partial charge in [0.15, 0.2) is 11.9 Å². The molecule has 0 bridgehead atoms. The molecule has 0 aliphatic carbocycles. The highest BCUT2D eigenvalue weighted by atomic mass is 19.1. The van der Waals surface area contributed by atoms with Crippen molar-refractivity contribution in [1.82, 2.24) is 10.4 Å². The second-order valence-corrected chi connectivity index (χ2v) is 3.55. The number of nitrogens with zero attached hydrogens (tertiary/aromatic N) is 3. The lowest BCUT2D eigenvalue weighted by Crippen LogP contribution is -2.29. The number of amides is 1. The summed E-state index contributed by atoms with van der Waals surface area (Å²) in [5, 5.41) is 14.6. The molecule has 2 rings (SSSR count). The van der Waals surface area contributed by atoms with Gasteiger partial charge in [0.25, 0.3) is 5.91 Å². The largest absolute Gasteiger partial charge is 0.619 e. The molecule has 0 atom stereocenters. The van der Waals surface area contributed by atoms with Crippen LogP contribution in [0.3, 0.4) is 0 Å². The Kier molecular flexibility index (Phi) is 3.77. The van der Waals surface area contributed by atoms with Gasteiger partial charge in [0.1, 0.15) is 5.82 Å². The average Bonchev–Trinajstić information content (AvgIpc) is 2.41. The topological polar surface area (TPSA) is 81.3 Å². The van der Waals surface area contributed by atoms with E-state index in [0.717, 1.165) is 6.20 Å². The van der Waals surface area contributed by atoms with Crippen LogP contribution in [0.15, 0.2) is 48.0 Å². The molecule has 0 radical (unpaired) electrons. The first-order chi connectivity index (χ1) is 9.15. The molecule has 0 saturated heterocycles. The lowest BCUT2D eigenvalue weighted by atomic mass is 10.2. The van der Waals surface area contributed by atoms with Crippen LogP contribution in [-0.4, -0.2) is 17.1 Å². The van der Waals surface area contributed by atoms with Gasteiger partial charge in [-0.1, -0.05) is 12.1 Å². The van der Waals surface area contributed by atoms with Gasteiger partial charge < -0.3 is 5.21 Å². The highest BCUT2D eigenvalue weighted by Gasteiger charge is 2.08. The van der Waals surface area contributed by atoms with Crippen LogP contribution in [0.25, 0.3) is 0 Å². The summed E-state index contributed by atoms with van der Waals surface area (Å²) in [5.74, 6) is -0.960. The molecule has 1 heterocycles. The second-order valence-electron chi connectivity index (χ2n) is 3.55. The third kappa shape index (κ3) is 3.56. The van der Waals surface area contributed by atoms with Crippen molar-refractivity contribution < 1.29 is 13.9 Å². The van der Waals surface area contributed by atoms with Crippen LogP contribution in [0.2, 0.25) is 0 Å². The van der Waals surface area contributed by atoms with Crippen LogP contribution in [0.5, 0.6) is 0 Å². The van der Waals surface area contributed by atoms with Crippen molar-refractivity contribution in [2.24, 2.45) is 5.10 Å². The van der Waals surface area contributed by atoms with Crippen molar-refractivity contribution >= 4 is 12.1 Å². The van der Waals surface area contributed by atoms with Crippen LogP contribution >= 0.6 is 0 Å². The lowest BCUT2D eigenvalue weighted by Gasteiger charge is -1.99. The third-order valence-corrected chi connectivity index (χ3v) is 2.16. The molecule has 1 aromatic carbocycles. The monoisotopic (exact) mass is 260 g/mol.